The largest absolute Gasteiger partial charge is 0.423 e. The number of para-hydroxylation sites is 2. The van der Waals surface area contributed by atoms with Gasteiger partial charge in [-0.3, -0.25) is 14.4 Å². The summed E-state index contributed by atoms with van der Waals surface area (Å²) in [6.07, 6.45) is -0.950. The molecule has 37 heavy (non-hydrogen) atoms. The van der Waals surface area contributed by atoms with Crippen LogP contribution in [0.5, 0.6) is 5.75 Å². The molecule has 0 saturated carbocycles. The third kappa shape index (κ3) is 4.05. The van der Waals surface area contributed by atoms with Crippen molar-refractivity contribution in [2.45, 2.75) is 12.1 Å². The highest BCUT2D eigenvalue weighted by Gasteiger charge is 2.60. The van der Waals surface area contributed by atoms with Crippen LogP contribution in [-0.2, 0) is 14.4 Å². The van der Waals surface area contributed by atoms with Gasteiger partial charge in [-0.25, -0.2) is 14.8 Å². The van der Waals surface area contributed by atoms with Crippen LogP contribution in [0.15, 0.2) is 115 Å². The molecule has 4 aromatic rings. The molecule has 0 bridgehead atoms. The van der Waals surface area contributed by atoms with Gasteiger partial charge in [0.25, 0.3) is 5.91 Å². The fourth-order valence-corrected chi connectivity index (χ4v) is 4.86. The molecule has 2 saturated heterocycles. The second-order valence-corrected chi connectivity index (χ2v) is 8.83. The zero-order valence-corrected chi connectivity index (χ0v) is 19.6. The quantitative estimate of drug-likeness (QED) is 0.224. The monoisotopic (exact) mass is 490 g/mol. The lowest BCUT2D eigenvalue weighted by atomic mass is 9.90. The first-order valence-electron chi connectivity index (χ1n) is 11.9. The molecule has 7 heteroatoms. The van der Waals surface area contributed by atoms with Crippen LogP contribution in [0, 0.1) is 5.92 Å². The van der Waals surface area contributed by atoms with Gasteiger partial charge in [0.05, 0.1) is 23.0 Å². The Morgan fingerprint density at radius 3 is 1.86 bits per heavy atom. The number of ether oxygens (including phenoxy) is 1. The maximum absolute atomic E-state index is 13.7. The fraction of sp³-hybridized carbons (Fsp3) is 0.100. The molecule has 2 aliphatic heterocycles. The average Bonchev–Trinajstić information content (AvgIpc) is 3.46. The molecule has 0 unspecified atom stereocenters. The van der Waals surface area contributed by atoms with Gasteiger partial charge in [0, 0.05) is 0 Å². The Hall–Kier alpha value is -4.75. The topological polar surface area (TPSA) is 76.2 Å². The van der Waals surface area contributed by atoms with Gasteiger partial charge in [-0.05, 0) is 54.1 Å². The van der Waals surface area contributed by atoms with Crippen molar-refractivity contribution in [1.29, 1.82) is 0 Å². The smallest absolute Gasteiger partial charge is 0.343 e. The molecular weight excluding hydrogens is 468 g/mol. The summed E-state index contributed by atoms with van der Waals surface area (Å²) >= 11 is 0. The minimum absolute atomic E-state index is 0.316. The van der Waals surface area contributed by atoms with Crippen LogP contribution in [0.2, 0.25) is 0 Å². The predicted molar refractivity (Wildman–Crippen MR) is 137 cm³/mol. The van der Waals surface area contributed by atoms with Gasteiger partial charge < -0.3 is 4.74 Å². The molecule has 0 radical (unpaired) electrons. The van der Waals surface area contributed by atoms with Gasteiger partial charge in [-0.15, -0.1) is 0 Å². The second kappa shape index (κ2) is 9.37. The van der Waals surface area contributed by atoms with Crippen molar-refractivity contribution in [2.75, 3.05) is 9.96 Å². The third-order valence-electron chi connectivity index (χ3n) is 6.58. The summed E-state index contributed by atoms with van der Waals surface area (Å²) < 4.78 is 5.52. The fourth-order valence-electron chi connectivity index (χ4n) is 4.86. The molecule has 2 heterocycles. The van der Waals surface area contributed by atoms with Gasteiger partial charge in [-0.2, -0.15) is 0 Å². The van der Waals surface area contributed by atoms with E-state index >= 15 is 0 Å². The second-order valence-electron chi connectivity index (χ2n) is 8.83. The SMILES string of the molecule is O=C(Oc1ccc([C@H]2[C@H]3C(=O)N(c4ccccc4)C(=O)[C@H]3ON2c2ccccc2)cc1)c1ccccc1. The number of rotatable bonds is 5. The van der Waals surface area contributed by atoms with E-state index < -0.39 is 29.9 Å². The van der Waals surface area contributed by atoms with E-state index in [9.17, 15) is 14.4 Å². The van der Waals surface area contributed by atoms with E-state index in [-0.39, 0.29) is 5.91 Å². The number of hydrogen-bond donors (Lipinski definition) is 0. The number of carbonyl (C=O) groups is 3. The molecule has 4 aromatic carbocycles. The number of fused-ring (bicyclic) bond motifs is 1. The molecule has 2 aliphatic rings. The van der Waals surface area contributed by atoms with Crippen molar-refractivity contribution in [3.63, 3.8) is 0 Å². The Balaban J connectivity index is 1.33. The summed E-state index contributed by atoms with van der Waals surface area (Å²) in [5.74, 6) is -1.54. The van der Waals surface area contributed by atoms with Crippen molar-refractivity contribution < 1.29 is 24.0 Å². The number of anilines is 2. The Bertz CT molecular complexity index is 1440. The van der Waals surface area contributed by atoms with Crippen molar-refractivity contribution in [3.05, 3.63) is 126 Å². The standard InChI is InChI=1S/C30H22N2O5/c33-28-25-26(20-16-18-24(19-17-20)36-30(35)21-10-4-1-5-11-21)32(23-14-8-3-9-15-23)37-27(25)29(34)31(28)22-12-6-2-7-13-22/h1-19,25-27H/t25-,26+,27+/m1/s1. The van der Waals surface area contributed by atoms with Crippen LogP contribution in [0.3, 0.4) is 0 Å². The molecule has 0 aromatic heterocycles. The highest BCUT2D eigenvalue weighted by atomic mass is 16.7. The Morgan fingerprint density at radius 2 is 1.24 bits per heavy atom. The van der Waals surface area contributed by atoms with Gasteiger partial charge >= 0.3 is 5.97 Å². The molecule has 7 nitrogen and oxygen atoms in total. The maximum Gasteiger partial charge on any atom is 0.343 e. The van der Waals surface area contributed by atoms with E-state index in [4.69, 9.17) is 9.57 Å². The number of hydrogen-bond acceptors (Lipinski definition) is 6. The van der Waals surface area contributed by atoms with Gasteiger partial charge in [0.2, 0.25) is 5.91 Å². The van der Waals surface area contributed by atoms with E-state index in [0.717, 1.165) is 11.3 Å². The molecule has 0 aliphatic carbocycles. The number of benzene rings is 4. The third-order valence-corrected chi connectivity index (χ3v) is 6.58. The molecule has 0 N–H and O–H groups in total. The zero-order valence-electron chi connectivity index (χ0n) is 19.6. The lowest BCUT2D eigenvalue weighted by Crippen LogP contribution is -2.37. The van der Waals surface area contributed by atoms with Gasteiger partial charge in [0.15, 0.2) is 6.10 Å². The molecule has 0 spiro atoms. The number of imide groups is 1. The average molecular weight is 491 g/mol. The van der Waals surface area contributed by atoms with Crippen LogP contribution in [0.25, 0.3) is 0 Å². The van der Waals surface area contributed by atoms with Crippen LogP contribution < -0.4 is 14.7 Å². The van der Waals surface area contributed by atoms with E-state index in [1.807, 2.05) is 42.5 Å². The summed E-state index contributed by atoms with van der Waals surface area (Å²) in [6, 6.07) is 33.4. The first-order valence-corrected chi connectivity index (χ1v) is 11.9. The first kappa shape index (κ1) is 22.7. The van der Waals surface area contributed by atoms with Crippen LogP contribution in [0.4, 0.5) is 11.4 Å². The maximum atomic E-state index is 13.7. The minimum Gasteiger partial charge on any atom is -0.423 e. The summed E-state index contributed by atoms with van der Waals surface area (Å²) in [6.45, 7) is 0. The van der Waals surface area contributed by atoms with E-state index in [2.05, 4.69) is 0 Å². The normalized spacial score (nSPS) is 20.7. The van der Waals surface area contributed by atoms with E-state index in [0.29, 0.717) is 17.0 Å². The number of esters is 1. The molecule has 3 atom stereocenters. The lowest BCUT2D eigenvalue weighted by molar-refractivity contribution is -0.126. The van der Waals surface area contributed by atoms with Crippen LogP contribution in [0.1, 0.15) is 22.0 Å². The minimum atomic E-state index is -0.950. The van der Waals surface area contributed by atoms with Crippen molar-refractivity contribution in [1.82, 2.24) is 0 Å². The summed E-state index contributed by atoms with van der Waals surface area (Å²) in [5.41, 5.74) is 2.45. The molecule has 2 fully saturated rings. The van der Waals surface area contributed by atoms with E-state index in [1.165, 1.54) is 4.90 Å². The van der Waals surface area contributed by atoms with Gasteiger partial charge in [0.1, 0.15) is 11.7 Å². The van der Waals surface area contributed by atoms with Crippen molar-refractivity contribution in [3.8, 4) is 5.75 Å². The Labute approximate surface area is 213 Å². The summed E-state index contributed by atoms with van der Waals surface area (Å²) in [5, 5.41) is 1.64. The Kier molecular flexibility index (Phi) is 5.75. The highest BCUT2D eigenvalue weighted by Crippen LogP contribution is 2.47. The number of nitrogens with zero attached hydrogens (tertiary/aromatic N) is 2. The highest BCUT2D eigenvalue weighted by molar-refractivity contribution is 6.23. The predicted octanol–water partition coefficient (Wildman–Crippen LogP) is 4.96. The molecular formula is C30H22N2O5. The Morgan fingerprint density at radius 1 is 0.676 bits per heavy atom. The zero-order chi connectivity index (χ0) is 25.4. The van der Waals surface area contributed by atoms with E-state index in [1.54, 1.807) is 77.9 Å². The van der Waals surface area contributed by atoms with Crippen LogP contribution in [-0.4, -0.2) is 23.9 Å². The molecule has 2 amide bonds. The van der Waals surface area contributed by atoms with Crippen LogP contribution >= 0.6 is 0 Å². The summed E-state index contributed by atoms with van der Waals surface area (Å²) in [4.78, 5) is 46.8. The van der Waals surface area contributed by atoms with Crippen molar-refractivity contribution in [2.24, 2.45) is 5.92 Å². The number of carbonyl (C=O) groups excluding carboxylic acids is 3. The molecule has 182 valence electrons. The lowest BCUT2D eigenvalue weighted by Gasteiger charge is -2.28. The summed E-state index contributed by atoms with van der Waals surface area (Å²) in [7, 11) is 0. The van der Waals surface area contributed by atoms with Gasteiger partial charge in [-0.1, -0.05) is 66.7 Å². The van der Waals surface area contributed by atoms with Crippen molar-refractivity contribution >= 4 is 29.2 Å². The molecule has 6 rings (SSSR count). The first-order chi connectivity index (χ1) is 18.1. The number of hydroxylamine groups is 1. The number of amides is 2.